The topological polar surface area (TPSA) is 12.0 Å². The lowest BCUT2D eigenvalue weighted by Crippen LogP contribution is -2.23. The molecule has 0 aliphatic carbocycles. The van der Waals surface area contributed by atoms with Crippen LogP contribution < -0.4 is 5.32 Å². The number of halogens is 2. The molecule has 0 aromatic carbocycles. The van der Waals surface area contributed by atoms with Crippen LogP contribution in [0.5, 0.6) is 0 Å². The second-order valence-corrected chi connectivity index (χ2v) is 7.65. The molecule has 0 spiro atoms. The van der Waals surface area contributed by atoms with E-state index in [0.29, 0.717) is 12.0 Å². The molecule has 1 rings (SSSR count). The minimum atomic E-state index is 0.319. The van der Waals surface area contributed by atoms with Crippen LogP contribution in [-0.4, -0.2) is 6.54 Å². The van der Waals surface area contributed by atoms with E-state index in [1.54, 1.807) is 0 Å². The number of thiophene rings is 1. The Morgan fingerprint density at radius 1 is 1.22 bits per heavy atom. The molecule has 0 aliphatic rings. The molecule has 2 atom stereocenters. The Bertz CT molecular complexity index is 363. The first-order valence-corrected chi connectivity index (χ1v) is 8.19. The van der Waals surface area contributed by atoms with Crippen molar-refractivity contribution in [3.05, 3.63) is 20.3 Å². The summed E-state index contributed by atoms with van der Waals surface area (Å²) in [4.78, 5) is 0. The van der Waals surface area contributed by atoms with E-state index in [0.717, 1.165) is 33.1 Å². The third-order valence-corrected chi connectivity index (χ3v) is 4.54. The van der Waals surface area contributed by atoms with Gasteiger partial charge in [0.05, 0.1) is 8.67 Å². The molecule has 0 saturated heterocycles. The molecule has 1 N–H and O–H groups in total. The third-order valence-electron chi connectivity index (χ3n) is 3.02. The van der Waals surface area contributed by atoms with E-state index in [2.05, 4.69) is 33.0 Å². The van der Waals surface area contributed by atoms with Crippen molar-refractivity contribution in [3.63, 3.8) is 0 Å². The van der Waals surface area contributed by atoms with Gasteiger partial charge in [-0.2, -0.15) is 0 Å². The number of nitrogens with one attached hydrogen (secondary N) is 1. The summed E-state index contributed by atoms with van der Waals surface area (Å²) in [6, 6.07) is 2.32. The highest BCUT2D eigenvalue weighted by Crippen LogP contribution is 2.37. The predicted molar refractivity (Wildman–Crippen MR) is 84.0 cm³/mol. The second-order valence-electron chi connectivity index (χ2n) is 5.36. The highest BCUT2D eigenvalue weighted by Gasteiger charge is 2.19. The summed E-state index contributed by atoms with van der Waals surface area (Å²) in [5.74, 6) is 1.42. The molecule has 1 nitrogen and oxygen atoms in total. The Hall–Kier alpha value is 0.240. The fourth-order valence-electron chi connectivity index (χ4n) is 2.46. The van der Waals surface area contributed by atoms with Crippen LogP contribution in [0.3, 0.4) is 0 Å². The summed E-state index contributed by atoms with van der Waals surface area (Å²) in [5, 5.41) is 3.52. The summed E-state index contributed by atoms with van der Waals surface area (Å²) in [6.07, 6.45) is 2.36. The average Bonchev–Trinajstić information content (AvgIpc) is 2.56. The zero-order valence-corrected chi connectivity index (χ0v) is 13.9. The summed E-state index contributed by atoms with van der Waals surface area (Å²) in [7, 11) is 0. The van der Waals surface area contributed by atoms with Gasteiger partial charge < -0.3 is 5.32 Å². The predicted octanol–water partition coefficient (Wildman–Crippen LogP) is 5.78. The van der Waals surface area contributed by atoms with E-state index in [1.807, 2.05) is 6.07 Å². The van der Waals surface area contributed by atoms with Gasteiger partial charge >= 0.3 is 0 Å². The Morgan fingerprint density at radius 2 is 1.89 bits per heavy atom. The monoisotopic (exact) mass is 307 g/mol. The lowest BCUT2D eigenvalue weighted by molar-refractivity contribution is 0.360. The van der Waals surface area contributed by atoms with Crippen LogP contribution in [0.15, 0.2) is 6.07 Å². The van der Waals surface area contributed by atoms with Crippen molar-refractivity contribution in [1.29, 1.82) is 0 Å². The molecule has 0 radical (unpaired) electrons. The third kappa shape index (κ3) is 5.08. The molecule has 0 saturated carbocycles. The van der Waals surface area contributed by atoms with Gasteiger partial charge in [-0.3, -0.25) is 0 Å². The lowest BCUT2D eigenvalue weighted by Gasteiger charge is -2.22. The molecule has 4 heteroatoms. The highest BCUT2D eigenvalue weighted by atomic mass is 35.5. The minimum absolute atomic E-state index is 0.319. The van der Waals surface area contributed by atoms with Gasteiger partial charge in [0, 0.05) is 11.6 Å². The van der Waals surface area contributed by atoms with Crippen molar-refractivity contribution in [2.45, 2.75) is 46.6 Å². The van der Waals surface area contributed by atoms with Crippen LogP contribution in [0.4, 0.5) is 0 Å². The standard InChI is InChI=1S/C14H23Cl2NS/c1-5-17-12(7-10(4)6-9(2)3)11-8-13(15)18-14(11)16/h8-10,12,17H,5-7H2,1-4H3. The molecule has 1 heterocycles. The van der Waals surface area contributed by atoms with Crippen molar-refractivity contribution in [2.24, 2.45) is 11.8 Å². The molecule has 18 heavy (non-hydrogen) atoms. The maximum absolute atomic E-state index is 6.26. The number of hydrogen-bond acceptors (Lipinski definition) is 2. The van der Waals surface area contributed by atoms with E-state index < -0.39 is 0 Å². The van der Waals surface area contributed by atoms with E-state index in [-0.39, 0.29) is 0 Å². The van der Waals surface area contributed by atoms with Crippen molar-refractivity contribution in [2.75, 3.05) is 6.54 Å². The van der Waals surface area contributed by atoms with Gasteiger partial charge in [0.15, 0.2) is 0 Å². The fourth-order valence-corrected chi connectivity index (χ4v) is 4.04. The Balaban J connectivity index is 2.73. The van der Waals surface area contributed by atoms with Gasteiger partial charge in [-0.15, -0.1) is 11.3 Å². The van der Waals surface area contributed by atoms with Crippen LogP contribution >= 0.6 is 34.5 Å². The van der Waals surface area contributed by atoms with Gasteiger partial charge in [0.2, 0.25) is 0 Å². The Morgan fingerprint density at radius 3 is 2.33 bits per heavy atom. The van der Waals surface area contributed by atoms with Gasteiger partial charge in [0.25, 0.3) is 0 Å². The molecule has 0 fully saturated rings. The van der Waals surface area contributed by atoms with E-state index in [1.165, 1.54) is 17.8 Å². The number of rotatable bonds is 7. The maximum Gasteiger partial charge on any atom is 0.0991 e. The Kier molecular flexibility index (Phi) is 7.01. The molecule has 1 aromatic heterocycles. The maximum atomic E-state index is 6.26. The molecule has 104 valence electrons. The zero-order valence-electron chi connectivity index (χ0n) is 11.6. The minimum Gasteiger partial charge on any atom is -0.310 e. The largest absolute Gasteiger partial charge is 0.310 e. The van der Waals surface area contributed by atoms with Gasteiger partial charge in [0.1, 0.15) is 0 Å². The normalized spacial score (nSPS) is 15.1. The summed E-state index contributed by atoms with van der Waals surface area (Å²) >= 11 is 13.8. The molecular weight excluding hydrogens is 285 g/mol. The second kappa shape index (κ2) is 7.74. The fraction of sp³-hybridized carbons (Fsp3) is 0.714. The Labute approximate surface area is 125 Å². The van der Waals surface area contributed by atoms with Crippen molar-refractivity contribution < 1.29 is 0 Å². The molecular formula is C14H23Cl2NS. The lowest BCUT2D eigenvalue weighted by atomic mass is 9.91. The first-order valence-electron chi connectivity index (χ1n) is 6.62. The van der Waals surface area contributed by atoms with Crippen LogP contribution in [0.1, 0.15) is 52.1 Å². The van der Waals surface area contributed by atoms with Gasteiger partial charge in [-0.25, -0.2) is 0 Å². The van der Waals surface area contributed by atoms with Crippen molar-refractivity contribution in [1.82, 2.24) is 5.32 Å². The van der Waals surface area contributed by atoms with Crippen molar-refractivity contribution in [3.8, 4) is 0 Å². The quantitative estimate of drug-likeness (QED) is 0.673. The number of hydrogen-bond donors (Lipinski definition) is 1. The van der Waals surface area contributed by atoms with Crippen LogP contribution in [0, 0.1) is 11.8 Å². The summed E-state index contributed by atoms with van der Waals surface area (Å²) < 4.78 is 1.59. The molecule has 1 aromatic rings. The van der Waals surface area contributed by atoms with E-state index in [4.69, 9.17) is 23.2 Å². The van der Waals surface area contributed by atoms with Crippen LogP contribution in [0.25, 0.3) is 0 Å². The summed E-state index contributed by atoms with van der Waals surface area (Å²) in [6.45, 7) is 9.93. The molecule has 0 amide bonds. The molecule has 2 unspecified atom stereocenters. The first-order chi connectivity index (χ1) is 8.43. The van der Waals surface area contributed by atoms with E-state index in [9.17, 15) is 0 Å². The molecule has 0 bridgehead atoms. The summed E-state index contributed by atoms with van der Waals surface area (Å²) in [5.41, 5.74) is 1.16. The van der Waals surface area contributed by atoms with Crippen LogP contribution in [-0.2, 0) is 0 Å². The SMILES string of the molecule is CCNC(CC(C)CC(C)C)c1cc(Cl)sc1Cl. The highest BCUT2D eigenvalue weighted by molar-refractivity contribution is 7.20. The van der Waals surface area contributed by atoms with Gasteiger partial charge in [-0.05, 0) is 37.3 Å². The van der Waals surface area contributed by atoms with E-state index >= 15 is 0 Å². The van der Waals surface area contributed by atoms with Crippen molar-refractivity contribution >= 4 is 34.5 Å². The first kappa shape index (κ1) is 16.3. The van der Waals surface area contributed by atoms with Crippen LogP contribution in [0.2, 0.25) is 8.67 Å². The van der Waals surface area contributed by atoms with Gasteiger partial charge in [-0.1, -0.05) is 50.9 Å². The zero-order chi connectivity index (χ0) is 13.7. The average molecular weight is 308 g/mol. The molecule has 0 aliphatic heterocycles. The smallest absolute Gasteiger partial charge is 0.0991 e.